The van der Waals surface area contributed by atoms with Crippen LogP contribution in [-0.4, -0.2) is 52.8 Å². The second kappa shape index (κ2) is 7.26. The summed E-state index contributed by atoms with van der Waals surface area (Å²) in [6.45, 7) is 3.06. The van der Waals surface area contributed by atoms with Gasteiger partial charge in [0.05, 0.1) is 12.3 Å². The van der Waals surface area contributed by atoms with Gasteiger partial charge in [-0.2, -0.15) is 0 Å². The van der Waals surface area contributed by atoms with E-state index in [2.05, 4.69) is 0 Å². The molecule has 0 aliphatic carbocycles. The molecule has 2 rings (SSSR count). The molecule has 1 aliphatic heterocycles. The molecule has 1 unspecified atom stereocenters. The Labute approximate surface area is 135 Å². The van der Waals surface area contributed by atoms with Gasteiger partial charge < -0.3 is 14.9 Å². The van der Waals surface area contributed by atoms with Crippen LogP contribution in [0.1, 0.15) is 24.0 Å². The first kappa shape index (κ1) is 17.0. The Hall–Kier alpha value is -2.37. The fourth-order valence-electron chi connectivity index (χ4n) is 2.69. The number of carbonyl (C=O) groups excluding carboxylic acids is 2. The van der Waals surface area contributed by atoms with Crippen LogP contribution in [0.3, 0.4) is 0 Å². The lowest BCUT2D eigenvalue weighted by molar-refractivity contribution is -0.139. The zero-order valence-electron chi connectivity index (χ0n) is 13.5. The zero-order chi connectivity index (χ0) is 17.0. The summed E-state index contributed by atoms with van der Waals surface area (Å²) in [6, 6.07) is 7.96. The average molecular weight is 318 g/mol. The molecule has 0 spiro atoms. The Kier molecular flexibility index (Phi) is 5.36. The number of carbonyl (C=O) groups is 3. The second-order valence-corrected chi connectivity index (χ2v) is 6.06. The zero-order valence-corrected chi connectivity index (χ0v) is 13.5. The monoisotopic (exact) mass is 318 g/mol. The summed E-state index contributed by atoms with van der Waals surface area (Å²) in [7, 11) is 1.58. The Morgan fingerprint density at radius 1 is 1.30 bits per heavy atom. The van der Waals surface area contributed by atoms with Crippen molar-refractivity contribution in [3.63, 3.8) is 0 Å². The summed E-state index contributed by atoms with van der Waals surface area (Å²) in [4.78, 5) is 38.1. The molecule has 0 bridgehead atoms. The summed E-state index contributed by atoms with van der Waals surface area (Å²) in [5.74, 6) is -1.51. The molecule has 2 amide bonds. The van der Waals surface area contributed by atoms with Crippen molar-refractivity contribution >= 4 is 17.8 Å². The predicted octanol–water partition coefficient (Wildman–Crippen LogP) is 1.28. The maximum Gasteiger partial charge on any atom is 0.305 e. The Balaban J connectivity index is 1.92. The van der Waals surface area contributed by atoms with Gasteiger partial charge in [-0.1, -0.05) is 29.8 Å². The predicted molar refractivity (Wildman–Crippen MR) is 84.6 cm³/mol. The molecule has 1 heterocycles. The van der Waals surface area contributed by atoms with Crippen LogP contribution in [0.25, 0.3) is 0 Å². The van der Waals surface area contributed by atoms with Gasteiger partial charge in [-0.25, -0.2) is 0 Å². The molecule has 124 valence electrons. The third-order valence-corrected chi connectivity index (χ3v) is 4.10. The lowest BCUT2D eigenvalue weighted by Gasteiger charge is -2.21. The smallest absolute Gasteiger partial charge is 0.305 e. The summed E-state index contributed by atoms with van der Waals surface area (Å²) >= 11 is 0. The topological polar surface area (TPSA) is 77.9 Å². The quantitative estimate of drug-likeness (QED) is 0.857. The van der Waals surface area contributed by atoms with Crippen molar-refractivity contribution in [2.75, 3.05) is 20.1 Å². The van der Waals surface area contributed by atoms with Gasteiger partial charge in [0.2, 0.25) is 11.8 Å². The number of carboxylic acids is 1. The third-order valence-electron chi connectivity index (χ3n) is 4.10. The van der Waals surface area contributed by atoms with Gasteiger partial charge in [0.25, 0.3) is 0 Å². The minimum absolute atomic E-state index is 0.0319. The Bertz CT molecular complexity index is 597. The first-order valence-corrected chi connectivity index (χ1v) is 7.67. The number of benzene rings is 1. The number of hydrogen-bond acceptors (Lipinski definition) is 3. The highest BCUT2D eigenvalue weighted by atomic mass is 16.4. The van der Waals surface area contributed by atoms with Crippen molar-refractivity contribution in [3.05, 3.63) is 35.4 Å². The van der Waals surface area contributed by atoms with Crippen LogP contribution in [0.15, 0.2) is 24.3 Å². The van der Waals surface area contributed by atoms with Gasteiger partial charge in [-0.3, -0.25) is 14.4 Å². The number of nitrogens with zero attached hydrogens (tertiary/aromatic N) is 2. The number of amides is 2. The van der Waals surface area contributed by atoms with Crippen LogP contribution in [0.2, 0.25) is 0 Å². The van der Waals surface area contributed by atoms with Crippen molar-refractivity contribution in [2.24, 2.45) is 5.92 Å². The van der Waals surface area contributed by atoms with E-state index >= 15 is 0 Å². The number of likely N-dealkylation sites (tertiary alicyclic amines) is 1. The lowest BCUT2D eigenvalue weighted by atomic mass is 10.1. The van der Waals surface area contributed by atoms with E-state index in [-0.39, 0.29) is 37.1 Å². The molecule has 1 aromatic rings. The molecule has 0 aromatic heterocycles. The van der Waals surface area contributed by atoms with Gasteiger partial charge in [0.1, 0.15) is 0 Å². The summed E-state index contributed by atoms with van der Waals surface area (Å²) in [5, 5.41) is 8.68. The van der Waals surface area contributed by atoms with Crippen LogP contribution in [-0.2, 0) is 20.9 Å². The van der Waals surface area contributed by atoms with Crippen LogP contribution in [0.4, 0.5) is 0 Å². The first-order valence-electron chi connectivity index (χ1n) is 7.67. The lowest BCUT2D eigenvalue weighted by Crippen LogP contribution is -2.35. The summed E-state index contributed by atoms with van der Waals surface area (Å²) in [6.07, 6.45) is 0.109. The van der Waals surface area contributed by atoms with Crippen LogP contribution < -0.4 is 0 Å². The van der Waals surface area contributed by atoms with Crippen LogP contribution in [0, 0.1) is 12.8 Å². The average Bonchev–Trinajstić information content (AvgIpc) is 2.87. The van der Waals surface area contributed by atoms with Gasteiger partial charge >= 0.3 is 5.97 Å². The molecule has 1 aromatic carbocycles. The minimum atomic E-state index is -0.937. The molecule has 6 heteroatoms. The van der Waals surface area contributed by atoms with E-state index in [9.17, 15) is 14.4 Å². The number of aryl methyl sites for hydroxylation is 1. The number of hydrogen-bond donors (Lipinski definition) is 1. The van der Waals surface area contributed by atoms with Crippen molar-refractivity contribution in [2.45, 2.75) is 26.3 Å². The molecule has 1 saturated heterocycles. The first-order chi connectivity index (χ1) is 10.9. The fraction of sp³-hybridized carbons (Fsp3) is 0.471. The van der Waals surface area contributed by atoms with Gasteiger partial charge in [0, 0.05) is 33.1 Å². The van der Waals surface area contributed by atoms with E-state index < -0.39 is 5.97 Å². The highest BCUT2D eigenvalue weighted by Crippen LogP contribution is 2.22. The van der Waals surface area contributed by atoms with Crippen molar-refractivity contribution in [3.8, 4) is 0 Å². The third kappa shape index (κ3) is 4.55. The fourth-order valence-corrected chi connectivity index (χ4v) is 2.69. The van der Waals surface area contributed by atoms with Crippen molar-refractivity contribution in [1.82, 2.24) is 9.80 Å². The highest BCUT2D eigenvalue weighted by Gasteiger charge is 2.35. The van der Waals surface area contributed by atoms with Gasteiger partial charge in [-0.15, -0.1) is 0 Å². The Morgan fingerprint density at radius 2 is 1.96 bits per heavy atom. The molecule has 23 heavy (non-hydrogen) atoms. The van der Waals surface area contributed by atoms with Gasteiger partial charge in [0.15, 0.2) is 0 Å². The molecule has 0 radical (unpaired) electrons. The highest BCUT2D eigenvalue weighted by molar-refractivity contribution is 5.89. The molecular weight excluding hydrogens is 296 g/mol. The molecule has 1 aliphatic rings. The van der Waals surface area contributed by atoms with E-state index in [1.54, 1.807) is 11.9 Å². The summed E-state index contributed by atoms with van der Waals surface area (Å²) in [5.41, 5.74) is 2.20. The van der Waals surface area contributed by atoms with E-state index in [4.69, 9.17) is 5.11 Å². The van der Waals surface area contributed by atoms with Crippen LogP contribution in [0.5, 0.6) is 0 Å². The maximum absolute atomic E-state index is 12.3. The molecule has 0 saturated carbocycles. The maximum atomic E-state index is 12.3. The van der Waals surface area contributed by atoms with E-state index in [0.717, 1.165) is 11.1 Å². The minimum Gasteiger partial charge on any atom is -0.481 e. The number of rotatable bonds is 6. The molecule has 1 atom stereocenters. The standard InChI is InChI=1S/C17H22N2O4/c1-12-3-5-13(6-4-12)10-19-11-14(9-15(19)20)17(23)18(2)8-7-16(21)22/h3-6,14H,7-11H2,1-2H3,(H,21,22). The van der Waals surface area contributed by atoms with Crippen molar-refractivity contribution < 1.29 is 19.5 Å². The van der Waals surface area contributed by atoms with Crippen LogP contribution >= 0.6 is 0 Å². The SMILES string of the molecule is Cc1ccc(CN2CC(C(=O)N(C)CCC(=O)O)CC2=O)cc1. The molecule has 1 N–H and O–H groups in total. The molecular formula is C17H22N2O4. The van der Waals surface area contributed by atoms with E-state index in [0.29, 0.717) is 13.1 Å². The second-order valence-electron chi connectivity index (χ2n) is 6.06. The molecule has 6 nitrogen and oxygen atoms in total. The molecule has 1 fully saturated rings. The van der Waals surface area contributed by atoms with E-state index in [1.807, 2.05) is 31.2 Å². The summed E-state index contributed by atoms with van der Waals surface area (Å²) < 4.78 is 0. The van der Waals surface area contributed by atoms with E-state index in [1.165, 1.54) is 4.90 Å². The van der Waals surface area contributed by atoms with Crippen molar-refractivity contribution in [1.29, 1.82) is 0 Å². The Morgan fingerprint density at radius 3 is 2.57 bits per heavy atom. The van der Waals surface area contributed by atoms with Gasteiger partial charge in [-0.05, 0) is 12.5 Å². The normalized spacial score (nSPS) is 17.4. The largest absolute Gasteiger partial charge is 0.481 e. The number of carboxylic acid groups (broad SMARTS) is 1. The number of aliphatic carboxylic acids is 1.